The smallest absolute Gasteiger partial charge is 0.228 e. The van der Waals surface area contributed by atoms with Gasteiger partial charge in [0.15, 0.2) is 0 Å². The zero-order chi connectivity index (χ0) is 10.7. The fraction of sp³-hybridized carbons (Fsp3) is 0.417. The molecule has 1 fully saturated rings. The summed E-state index contributed by atoms with van der Waals surface area (Å²) in [5.74, 6) is 0.260. The molecule has 0 bridgehead atoms. The maximum absolute atomic E-state index is 11.8. The molecule has 3 nitrogen and oxygen atoms in total. The van der Waals surface area contributed by atoms with Crippen LogP contribution in [0.15, 0.2) is 24.3 Å². The number of nitrogens with one attached hydrogen (secondary N) is 2. The van der Waals surface area contributed by atoms with Gasteiger partial charge in [0.05, 0.1) is 5.92 Å². The van der Waals surface area contributed by atoms with E-state index in [0.717, 1.165) is 30.8 Å². The van der Waals surface area contributed by atoms with Gasteiger partial charge in [-0.2, -0.15) is 0 Å². The highest BCUT2D eigenvalue weighted by Gasteiger charge is 2.22. The van der Waals surface area contributed by atoms with Crippen LogP contribution in [0.3, 0.4) is 0 Å². The number of anilines is 1. The lowest BCUT2D eigenvalue weighted by molar-refractivity contribution is -0.119. The van der Waals surface area contributed by atoms with Gasteiger partial charge in [-0.05, 0) is 37.6 Å². The first-order chi connectivity index (χ1) is 7.25. The third-order valence-electron chi connectivity index (χ3n) is 2.72. The lowest BCUT2D eigenvalue weighted by Crippen LogP contribution is -2.24. The van der Waals surface area contributed by atoms with Gasteiger partial charge in [-0.25, -0.2) is 0 Å². The van der Waals surface area contributed by atoms with Gasteiger partial charge in [-0.1, -0.05) is 12.1 Å². The van der Waals surface area contributed by atoms with Crippen molar-refractivity contribution in [3.63, 3.8) is 0 Å². The number of carbonyl (C=O) groups excluding carboxylic acids is 1. The standard InChI is InChI=1S/C12H16N2O/c1-9-3-2-4-11(7-9)14-12(15)10-5-6-13-8-10/h2-4,7,10,13H,5-6,8H2,1H3,(H,14,15)/t10-/m0/s1. The van der Waals surface area contributed by atoms with Crippen LogP contribution in [0, 0.1) is 12.8 Å². The van der Waals surface area contributed by atoms with Crippen LogP contribution >= 0.6 is 0 Å². The summed E-state index contributed by atoms with van der Waals surface area (Å²) < 4.78 is 0. The first kappa shape index (κ1) is 10.2. The number of carbonyl (C=O) groups is 1. The summed E-state index contributed by atoms with van der Waals surface area (Å²) in [5.41, 5.74) is 2.06. The van der Waals surface area contributed by atoms with Crippen LogP contribution in [0.4, 0.5) is 5.69 Å². The Labute approximate surface area is 89.9 Å². The molecule has 1 aliphatic heterocycles. The summed E-state index contributed by atoms with van der Waals surface area (Å²) in [6.45, 7) is 3.77. The van der Waals surface area contributed by atoms with Crippen molar-refractivity contribution in [3.05, 3.63) is 29.8 Å². The molecule has 0 radical (unpaired) electrons. The highest BCUT2D eigenvalue weighted by Crippen LogP contribution is 2.14. The molecule has 80 valence electrons. The summed E-state index contributed by atoms with van der Waals surface area (Å²) in [6.07, 6.45) is 0.942. The van der Waals surface area contributed by atoms with Crippen LogP contribution in [-0.2, 0) is 4.79 Å². The van der Waals surface area contributed by atoms with Gasteiger partial charge in [0.1, 0.15) is 0 Å². The van der Waals surface area contributed by atoms with Crippen LogP contribution in [0.2, 0.25) is 0 Å². The quantitative estimate of drug-likeness (QED) is 0.767. The number of rotatable bonds is 2. The van der Waals surface area contributed by atoms with E-state index >= 15 is 0 Å². The molecule has 1 amide bonds. The van der Waals surface area contributed by atoms with Crippen LogP contribution in [-0.4, -0.2) is 19.0 Å². The Morgan fingerprint density at radius 1 is 1.53 bits per heavy atom. The summed E-state index contributed by atoms with van der Waals surface area (Å²) in [5, 5.41) is 6.14. The summed E-state index contributed by atoms with van der Waals surface area (Å²) >= 11 is 0. The zero-order valence-corrected chi connectivity index (χ0v) is 8.92. The number of amides is 1. The van der Waals surface area contributed by atoms with Crippen molar-refractivity contribution in [1.82, 2.24) is 5.32 Å². The summed E-state index contributed by atoms with van der Waals surface area (Å²) in [4.78, 5) is 11.8. The Hall–Kier alpha value is -1.35. The molecule has 2 rings (SSSR count). The first-order valence-electron chi connectivity index (χ1n) is 5.34. The van der Waals surface area contributed by atoms with Crippen molar-refractivity contribution in [1.29, 1.82) is 0 Å². The molecule has 0 aliphatic carbocycles. The molecule has 15 heavy (non-hydrogen) atoms. The van der Waals surface area contributed by atoms with Crippen LogP contribution in [0.1, 0.15) is 12.0 Å². The van der Waals surface area contributed by atoms with Gasteiger partial charge in [-0.3, -0.25) is 4.79 Å². The molecular weight excluding hydrogens is 188 g/mol. The topological polar surface area (TPSA) is 41.1 Å². The molecule has 0 unspecified atom stereocenters. The lowest BCUT2D eigenvalue weighted by Gasteiger charge is -2.10. The molecule has 3 heteroatoms. The predicted molar refractivity (Wildman–Crippen MR) is 60.8 cm³/mol. The Balaban J connectivity index is 1.99. The second-order valence-electron chi connectivity index (χ2n) is 4.05. The van der Waals surface area contributed by atoms with Crippen molar-refractivity contribution in [2.24, 2.45) is 5.92 Å². The fourth-order valence-electron chi connectivity index (χ4n) is 1.85. The van der Waals surface area contributed by atoms with E-state index in [9.17, 15) is 4.79 Å². The highest BCUT2D eigenvalue weighted by molar-refractivity contribution is 5.92. The molecule has 1 saturated heterocycles. The molecule has 1 heterocycles. The average molecular weight is 204 g/mol. The average Bonchev–Trinajstić information content (AvgIpc) is 2.70. The van der Waals surface area contributed by atoms with Crippen molar-refractivity contribution in [3.8, 4) is 0 Å². The molecule has 1 aliphatic rings. The van der Waals surface area contributed by atoms with Gasteiger partial charge in [0.2, 0.25) is 5.91 Å². The Morgan fingerprint density at radius 2 is 2.40 bits per heavy atom. The van der Waals surface area contributed by atoms with E-state index in [1.807, 2.05) is 31.2 Å². The van der Waals surface area contributed by atoms with E-state index in [-0.39, 0.29) is 11.8 Å². The van der Waals surface area contributed by atoms with Gasteiger partial charge in [-0.15, -0.1) is 0 Å². The number of aryl methyl sites for hydroxylation is 1. The second kappa shape index (κ2) is 4.45. The van der Waals surface area contributed by atoms with Gasteiger partial charge >= 0.3 is 0 Å². The maximum atomic E-state index is 11.8. The van der Waals surface area contributed by atoms with Crippen molar-refractivity contribution in [2.45, 2.75) is 13.3 Å². The predicted octanol–water partition coefficient (Wildman–Crippen LogP) is 1.54. The molecule has 1 atom stereocenters. The minimum Gasteiger partial charge on any atom is -0.326 e. The second-order valence-corrected chi connectivity index (χ2v) is 4.05. The summed E-state index contributed by atoms with van der Waals surface area (Å²) in [6, 6.07) is 7.89. The van der Waals surface area contributed by atoms with E-state index in [1.165, 1.54) is 0 Å². The van der Waals surface area contributed by atoms with Gasteiger partial charge in [0, 0.05) is 12.2 Å². The fourth-order valence-corrected chi connectivity index (χ4v) is 1.85. The normalized spacial score (nSPS) is 20.2. The van der Waals surface area contributed by atoms with E-state index in [1.54, 1.807) is 0 Å². The largest absolute Gasteiger partial charge is 0.326 e. The number of benzene rings is 1. The Bertz CT molecular complexity index is 356. The molecule has 1 aromatic carbocycles. The van der Waals surface area contributed by atoms with E-state index in [2.05, 4.69) is 10.6 Å². The number of hydrogen-bond donors (Lipinski definition) is 2. The van der Waals surface area contributed by atoms with Gasteiger partial charge in [0.25, 0.3) is 0 Å². The molecular formula is C12H16N2O. The summed E-state index contributed by atoms with van der Waals surface area (Å²) in [7, 11) is 0. The monoisotopic (exact) mass is 204 g/mol. The Morgan fingerprint density at radius 3 is 3.07 bits per heavy atom. The van der Waals surface area contributed by atoms with Crippen LogP contribution < -0.4 is 10.6 Å². The van der Waals surface area contributed by atoms with Crippen LogP contribution in [0.25, 0.3) is 0 Å². The zero-order valence-electron chi connectivity index (χ0n) is 8.92. The third-order valence-corrected chi connectivity index (χ3v) is 2.72. The van der Waals surface area contributed by atoms with E-state index in [0.29, 0.717) is 0 Å². The lowest BCUT2D eigenvalue weighted by atomic mass is 10.1. The molecule has 2 N–H and O–H groups in total. The SMILES string of the molecule is Cc1cccc(NC(=O)[C@H]2CCNC2)c1. The van der Waals surface area contributed by atoms with E-state index in [4.69, 9.17) is 0 Å². The molecule has 1 aromatic rings. The van der Waals surface area contributed by atoms with Gasteiger partial charge < -0.3 is 10.6 Å². The molecule has 0 aromatic heterocycles. The minimum atomic E-state index is 0.130. The number of hydrogen-bond acceptors (Lipinski definition) is 2. The van der Waals surface area contributed by atoms with Crippen molar-refractivity contribution >= 4 is 11.6 Å². The van der Waals surface area contributed by atoms with E-state index < -0.39 is 0 Å². The minimum absolute atomic E-state index is 0.130. The van der Waals surface area contributed by atoms with Crippen molar-refractivity contribution in [2.75, 3.05) is 18.4 Å². The molecule has 0 spiro atoms. The maximum Gasteiger partial charge on any atom is 0.228 e. The van der Waals surface area contributed by atoms with Crippen LogP contribution in [0.5, 0.6) is 0 Å². The Kier molecular flexibility index (Phi) is 3.02. The van der Waals surface area contributed by atoms with Crippen molar-refractivity contribution < 1.29 is 4.79 Å². The highest BCUT2D eigenvalue weighted by atomic mass is 16.1. The first-order valence-corrected chi connectivity index (χ1v) is 5.34. The third kappa shape index (κ3) is 2.57. The molecule has 0 saturated carbocycles.